The van der Waals surface area contributed by atoms with Crippen molar-refractivity contribution >= 4 is 16.3 Å². The molecule has 0 atom stereocenters. The van der Waals surface area contributed by atoms with Gasteiger partial charge in [0.1, 0.15) is 22.3 Å². The van der Waals surface area contributed by atoms with E-state index in [1.165, 1.54) is 11.3 Å². The lowest BCUT2D eigenvalue weighted by Crippen LogP contribution is -1.91. The van der Waals surface area contributed by atoms with Crippen LogP contribution < -0.4 is 5.73 Å². The van der Waals surface area contributed by atoms with Crippen LogP contribution in [0.4, 0.5) is 13.8 Å². The van der Waals surface area contributed by atoms with Gasteiger partial charge in [-0.2, -0.15) is 0 Å². The van der Waals surface area contributed by atoms with E-state index >= 15 is 0 Å². The lowest BCUT2D eigenvalue weighted by molar-refractivity contribution is 0.602. The zero-order valence-electron chi connectivity index (χ0n) is 9.50. The fraction of sp³-hybridized carbons (Fsp3) is 0.250. The van der Waals surface area contributed by atoms with Crippen molar-refractivity contribution in [3.8, 4) is 11.3 Å². The minimum Gasteiger partial charge on any atom is -0.389 e. The number of nitrogen functional groups attached to an aromatic ring is 1. The van der Waals surface area contributed by atoms with Gasteiger partial charge in [-0.15, -0.1) is 11.3 Å². The Labute approximate surface area is 102 Å². The number of benzene rings is 1. The highest BCUT2D eigenvalue weighted by Crippen LogP contribution is 2.35. The molecule has 0 bridgehead atoms. The van der Waals surface area contributed by atoms with Crippen molar-refractivity contribution in [1.82, 2.24) is 4.98 Å². The third-order valence-corrected chi connectivity index (χ3v) is 3.53. The predicted octanol–water partition coefficient (Wildman–Crippen LogP) is 3.79. The van der Waals surface area contributed by atoms with E-state index in [1.807, 2.05) is 13.8 Å². The summed E-state index contributed by atoms with van der Waals surface area (Å²) in [4.78, 5) is 4.27. The molecule has 1 aromatic carbocycles. The summed E-state index contributed by atoms with van der Waals surface area (Å²) >= 11 is 1.31. The quantitative estimate of drug-likeness (QED) is 0.885. The Hall–Kier alpha value is -1.49. The lowest BCUT2D eigenvalue weighted by atomic mass is 10.1. The summed E-state index contributed by atoms with van der Waals surface area (Å²) in [5.41, 5.74) is 6.24. The van der Waals surface area contributed by atoms with E-state index in [0.717, 1.165) is 23.2 Å². The molecule has 2 aromatic rings. The van der Waals surface area contributed by atoms with Gasteiger partial charge in [0.05, 0.1) is 5.01 Å². The molecule has 2 N–H and O–H groups in total. The molecule has 5 heteroatoms. The topological polar surface area (TPSA) is 38.9 Å². The zero-order valence-corrected chi connectivity index (χ0v) is 10.3. The highest BCUT2D eigenvalue weighted by molar-refractivity contribution is 7.16. The van der Waals surface area contributed by atoms with Gasteiger partial charge >= 0.3 is 0 Å². The Kier molecular flexibility index (Phi) is 3.11. The number of halogens is 2. The van der Waals surface area contributed by atoms with Crippen LogP contribution in [0.15, 0.2) is 18.2 Å². The van der Waals surface area contributed by atoms with Crippen LogP contribution in [0.25, 0.3) is 11.3 Å². The number of anilines is 1. The van der Waals surface area contributed by atoms with Crippen molar-refractivity contribution < 1.29 is 8.78 Å². The van der Waals surface area contributed by atoms with Crippen LogP contribution in [0, 0.1) is 11.6 Å². The molecule has 0 aliphatic carbocycles. The molecule has 0 radical (unpaired) electrons. The minimum atomic E-state index is -0.515. The van der Waals surface area contributed by atoms with Gasteiger partial charge in [-0.25, -0.2) is 13.8 Å². The van der Waals surface area contributed by atoms with Gasteiger partial charge in [-0.05, 0) is 18.2 Å². The Morgan fingerprint density at radius 1 is 1.29 bits per heavy atom. The van der Waals surface area contributed by atoms with E-state index in [-0.39, 0.29) is 11.5 Å². The molecular weight excluding hydrogens is 242 g/mol. The second kappa shape index (κ2) is 4.41. The van der Waals surface area contributed by atoms with E-state index in [4.69, 9.17) is 5.73 Å². The largest absolute Gasteiger partial charge is 0.389 e. The summed E-state index contributed by atoms with van der Waals surface area (Å²) in [6.07, 6.45) is 0. The fourth-order valence-electron chi connectivity index (χ4n) is 1.47. The van der Waals surface area contributed by atoms with Crippen molar-refractivity contribution in [3.05, 3.63) is 34.8 Å². The number of nitrogens with zero attached hydrogens (tertiary/aromatic N) is 1. The van der Waals surface area contributed by atoms with Gasteiger partial charge in [-0.3, -0.25) is 0 Å². The third-order valence-electron chi connectivity index (χ3n) is 2.35. The van der Waals surface area contributed by atoms with E-state index in [9.17, 15) is 8.78 Å². The van der Waals surface area contributed by atoms with Crippen molar-refractivity contribution in [2.45, 2.75) is 19.8 Å². The van der Waals surface area contributed by atoms with Crippen LogP contribution >= 0.6 is 11.3 Å². The van der Waals surface area contributed by atoms with Gasteiger partial charge in [0.15, 0.2) is 0 Å². The van der Waals surface area contributed by atoms with Gasteiger partial charge in [-0.1, -0.05) is 13.8 Å². The molecule has 0 amide bonds. The zero-order chi connectivity index (χ0) is 12.6. The van der Waals surface area contributed by atoms with Crippen LogP contribution in [-0.2, 0) is 0 Å². The maximum absolute atomic E-state index is 13.6. The minimum absolute atomic E-state index is 0.116. The Morgan fingerprint density at radius 2 is 2.00 bits per heavy atom. The lowest BCUT2D eigenvalue weighted by Gasteiger charge is -2.01. The number of nitrogens with two attached hydrogens (primary N) is 1. The van der Waals surface area contributed by atoms with Crippen molar-refractivity contribution in [2.24, 2.45) is 0 Å². The van der Waals surface area contributed by atoms with Crippen molar-refractivity contribution in [2.75, 3.05) is 5.73 Å². The Bertz CT molecular complexity index is 549. The van der Waals surface area contributed by atoms with Gasteiger partial charge in [0.2, 0.25) is 0 Å². The molecular formula is C12H12F2N2S. The first-order valence-electron chi connectivity index (χ1n) is 5.20. The smallest absolute Gasteiger partial charge is 0.132 e. The van der Waals surface area contributed by atoms with E-state index in [1.54, 1.807) is 0 Å². The van der Waals surface area contributed by atoms with Crippen LogP contribution in [0.2, 0.25) is 0 Å². The highest BCUT2D eigenvalue weighted by atomic mass is 32.1. The standard InChI is InChI=1S/C12H12F2N2S/c1-6(2)12-16-10(11(15)17-12)8-5-7(13)3-4-9(8)14/h3-6H,15H2,1-2H3. The summed E-state index contributed by atoms with van der Waals surface area (Å²) in [5.74, 6) is -0.800. The summed E-state index contributed by atoms with van der Waals surface area (Å²) in [5, 5.41) is 1.24. The first-order valence-corrected chi connectivity index (χ1v) is 6.02. The molecule has 2 rings (SSSR count). The molecule has 0 saturated heterocycles. The monoisotopic (exact) mass is 254 g/mol. The Balaban J connectivity index is 2.56. The van der Waals surface area contributed by atoms with Crippen LogP contribution in [0.5, 0.6) is 0 Å². The predicted molar refractivity (Wildman–Crippen MR) is 66.0 cm³/mol. The molecule has 2 nitrogen and oxygen atoms in total. The van der Waals surface area contributed by atoms with E-state index in [2.05, 4.69) is 4.98 Å². The summed E-state index contributed by atoms with van der Waals surface area (Å²) in [7, 11) is 0. The van der Waals surface area contributed by atoms with E-state index < -0.39 is 11.6 Å². The molecule has 0 unspecified atom stereocenters. The second-order valence-corrected chi connectivity index (χ2v) is 5.11. The summed E-state index contributed by atoms with van der Waals surface area (Å²) < 4.78 is 26.7. The maximum atomic E-state index is 13.6. The normalized spacial score (nSPS) is 11.1. The van der Waals surface area contributed by atoms with Gasteiger partial charge in [0, 0.05) is 11.5 Å². The first kappa shape index (κ1) is 12.0. The molecule has 0 fully saturated rings. The number of rotatable bonds is 2. The van der Waals surface area contributed by atoms with Gasteiger partial charge in [0.25, 0.3) is 0 Å². The first-order chi connectivity index (χ1) is 7.99. The molecule has 1 aromatic heterocycles. The number of aromatic nitrogens is 1. The van der Waals surface area contributed by atoms with E-state index in [0.29, 0.717) is 10.7 Å². The molecule has 0 spiro atoms. The van der Waals surface area contributed by atoms with Crippen molar-refractivity contribution in [3.63, 3.8) is 0 Å². The van der Waals surface area contributed by atoms with Crippen LogP contribution in [0.1, 0.15) is 24.8 Å². The number of hydrogen-bond donors (Lipinski definition) is 1. The molecule has 1 heterocycles. The fourth-order valence-corrected chi connectivity index (χ4v) is 2.32. The Morgan fingerprint density at radius 3 is 2.59 bits per heavy atom. The molecule has 0 aliphatic rings. The SMILES string of the molecule is CC(C)c1nc(-c2cc(F)ccc2F)c(N)s1. The molecule has 0 aliphatic heterocycles. The molecule has 17 heavy (non-hydrogen) atoms. The number of thiazole rings is 1. The second-order valence-electron chi connectivity index (χ2n) is 4.04. The van der Waals surface area contributed by atoms with Crippen LogP contribution in [0.3, 0.4) is 0 Å². The molecule has 90 valence electrons. The summed E-state index contributed by atoms with van der Waals surface area (Å²) in [6.45, 7) is 3.95. The molecule has 0 saturated carbocycles. The average Bonchev–Trinajstić information content (AvgIpc) is 2.64. The number of hydrogen-bond acceptors (Lipinski definition) is 3. The average molecular weight is 254 g/mol. The van der Waals surface area contributed by atoms with Crippen molar-refractivity contribution in [1.29, 1.82) is 0 Å². The summed E-state index contributed by atoms with van der Waals surface area (Å²) in [6, 6.07) is 3.27. The third kappa shape index (κ3) is 2.29. The highest BCUT2D eigenvalue weighted by Gasteiger charge is 2.16. The maximum Gasteiger partial charge on any atom is 0.132 e. The van der Waals surface area contributed by atoms with Gasteiger partial charge < -0.3 is 5.73 Å². The van der Waals surface area contributed by atoms with Crippen LogP contribution in [-0.4, -0.2) is 4.98 Å².